The van der Waals surface area contributed by atoms with Crippen molar-refractivity contribution in [3.63, 3.8) is 0 Å². The molecular formula is C44H43Cl2FN4O4. The summed E-state index contributed by atoms with van der Waals surface area (Å²) in [6.45, 7) is 7.69. The zero-order valence-corrected chi connectivity index (χ0v) is 32.4. The fraction of sp³-hybridized carbons (Fsp3) is 0.250. The van der Waals surface area contributed by atoms with E-state index in [1.165, 1.54) is 5.56 Å². The lowest BCUT2D eigenvalue weighted by molar-refractivity contribution is -0.127. The van der Waals surface area contributed by atoms with E-state index in [1.54, 1.807) is 60.8 Å². The highest BCUT2D eigenvalue weighted by Crippen LogP contribution is 2.34. The van der Waals surface area contributed by atoms with E-state index in [9.17, 15) is 9.18 Å². The normalized spacial score (nSPS) is 12.9. The third kappa shape index (κ3) is 11.5. The minimum atomic E-state index is -0.280. The lowest BCUT2D eigenvalue weighted by Gasteiger charge is -2.34. The number of benzene rings is 4. The third-order valence-corrected chi connectivity index (χ3v) is 9.42. The van der Waals surface area contributed by atoms with Crippen LogP contribution in [0.5, 0.6) is 23.1 Å². The number of pyridine rings is 1. The van der Waals surface area contributed by atoms with E-state index < -0.39 is 0 Å². The first-order chi connectivity index (χ1) is 26.3. The number of hydrogen-bond donors (Lipinski definition) is 0. The van der Waals surface area contributed by atoms with E-state index >= 15 is 0 Å². The summed E-state index contributed by atoms with van der Waals surface area (Å²) in [4.78, 5) is 21.5. The van der Waals surface area contributed by atoms with Crippen molar-refractivity contribution in [3.8, 4) is 29.2 Å². The van der Waals surface area contributed by atoms with Gasteiger partial charge in [0.05, 0.1) is 22.9 Å². The molecule has 1 amide bonds. The fourth-order valence-corrected chi connectivity index (χ4v) is 6.42. The second-order valence-electron chi connectivity index (χ2n) is 13.2. The van der Waals surface area contributed by atoms with Gasteiger partial charge in [0.25, 0.3) is 0 Å². The minimum Gasteiger partial charge on any atom is -0.489 e. The molecule has 1 fully saturated rings. The quantitative estimate of drug-likeness (QED) is 0.104. The number of carbonyl (C=O) groups excluding carboxylic acids is 1. The second-order valence-corrected chi connectivity index (χ2v) is 13.6. The molecule has 0 aliphatic carbocycles. The highest BCUT2D eigenvalue weighted by atomic mass is 35.5. The van der Waals surface area contributed by atoms with Crippen molar-refractivity contribution in [2.45, 2.75) is 46.4 Å². The number of amides is 1. The molecule has 5 aromatic rings. The van der Waals surface area contributed by atoms with Crippen LogP contribution in [0, 0.1) is 24.1 Å². The van der Waals surface area contributed by atoms with Gasteiger partial charge in [-0.25, -0.2) is 9.37 Å². The molecule has 0 radical (unpaired) electrons. The first-order valence-electron chi connectivity index (χ1n) is 18.0. The summed E-state index contributed by atoms with van der Waals surface area (Å²) in [5.41, 5.74) is 5.77. The van der Waals surface area contributed by atoms with Gasteiger partial charge in [-0.2, -0.15) is 5.26 Å². The Kier molecular flexibility index (Phi) is 14.7. The monoisotopic (exact) mass is 780 g/mol. The number of ether oxygens (including phenoxy) is 3. The van der Waals surface area contributed by atoms with Crippen molar-refractivity contribution < 1.29 is 23.4 Å². The molecule has 0 bridgehead atoms. The maximum atomic E-state index is 14.9. The molecule has 11 heteroatoms. The Morgan fingerprint density at radius 2 is 1.58 bits per heavy atom. The van der Waals surface area contributed by atoms with E-state index in [0.717, 1.165) is 40.8 Å². The number of aryl methyl sites for hydroxylation is 2. The summed E-state index contributed by atoms with van der Waals surface area (Å²) < 4.78 is 32.6. The molecule has 284 valence electrons. The molecule has 1 aromatic heterocycles. The van der Waals surface area contributed by atoms with Crippen LogP contribution in [0.15, 0.2) is 103 Å². The largest absolute Gasteiger partial charge is 0.489 e. The van der Waals surface area contributed by atoms with Crippen LogP contribution in [0.2, 0.25) is 5.02 Å². The number of nitrogens with zero attached hydrogens (tertiary/aromatic N) is 4. The smallest absolute Gasteiger partial charge is 0.246 e. The predicted octanol–water partition coefficient (Wildman–Crippen LogP) is 9.74. The average molecular weight is 782 g/mol. The van der Waals surface area contributed by atoms with Crippen LogP contribution < -0.4 is 14.2 Å². The SMILES string of the molecule is CCCc1ccc(OCc2ccc(CN3CCN(C(=O)/C=C/c4cc(C)c(Oc5ccc(OCc6ccc(C#N)cc6)cn5)c(Cl)c4)CC3)cc2F)cc1.Cl. The fourth-order valence-electron chi connectivity index (χ4n) is 6.11. The maximum Gasteiger partial charge on any atom is 0.246 e. The van der Waals surface area contributed by atoms with Crippen molar-refractivity contribution in [2.24, 2.45) is 0 Å². The number of piperazine rings is 1. The molecule has 0 spiro atoms. The van der Waals surface area contributed by atoms with Gasteiger partial charge < -0.3 is 19.1 Å². The van der Waals surface area contributed by atoms with Gasteiger partial charge in [0, 0.05) is 50.4 Å². The molecule has 4 aromatic carbocycles. The van der Waals surface area contributed by atoms with Crippen LogP contribution in [0.3, 0.4) is 0 Å². The van der Waals surface area contributed by atoms with Crippen LogP contribution in [0.1, 0.15) is 52.3 Å². The van der Waals surface area contributed by atoms with Gasteiger partial charge in [-0.15, -0.1) is 12.4 Å². The van der Waals surface area contributed by atoms with Crippen LogP contribution in [-0.4, -0.2) is 46.9 Å². The van der Waals surface area contributed by atoms with Gasteiger partial charge in [-0.1, -0.05) is 61.3 Å². The number of aromatic nitrogens is 1. The van der Waals surface area contributed by atoms with Crippen molar-refractivity contribution >= 4 is 36.0 Å². The molecule has 1 saturated heterocycles. The Morgan fingerprint density at radius 1 is 0.891 bits per heavy atom. The molecule has 6 rings (SSSR count). The molecule has 0 unspecified atom stereocenters. The topological polar surface area (TPSA) is 87.9 Å². The van der Waals surface area contributed by atoms with Gasteiger partial charge in [-0.05, 0) is 95.8 Å². The minimum absolute atomic E-state index is 0. The highest BCUT2D eigenvalue weighted by molar-refractivity contribution is 6.32. The number of hydrogen-bond acceptors (Lipinski definition) is 7. The Morgan fingerprint density at radius 3 is 2.24 bits per heavy atom. The van der Waals surface area contributed by atoms with Crippen molar-refractivity contribution in [3.05, 3.63) is 153 Å². The summed E-state index contributed by atoms with van der Waals surface area (Å²) in [5, 5.41) is 9.35. The van der Waals surface area contributed by atoms with Crippen LogP contribution in [0.4, 0.5) is 4.39 Å². The van der Waals surface area contributed by atoms with Gasteiger partial charge in [0.2, 0.25) is 11.8 Å². The third-order valence-electron chi connectivity index (χ3n) is 9.14. The Bertz CT molecular complexity index is 2090. The molecule has 0 saturated carbocycles. The Balaban J connectivity index is 0.00000580. The number of rotatable bonds is 14. The van der Waals surface area contributed by atoms with Gasteiger partial charge in [0.1, 0.15) is 30.5 Å². The molecule has 0 N–H and O–H groups in total. The molecule has 1 aliphatic rings. The highest BCUT2D eigenvalue weighted by Gasteiger charge is 2.20. The van der Waals surface area contributed by atoms with E-state index in [1.807, 2.05) is 60.4 Å². The number of halogens is 3. The zero-order chi connectivity index (χ0) is 37.9. The van der Waals surface area contributed by atoms with Crippen molar-refractivity contribution in [2.75, 3.05) is 26.2 Å². The van der Waals surface area contributed by atoms with Crippen LogP contribution >= 0.6 is 24.0 Å². The van der Waals surface area contributed by atoms with E-state index in [0.29, 0.717) is 72.9 Å². The lowest BCUT2D eigenvalue weighted by Crippen LogP contribution is -2.47. The Hall–Kier alpha value is -5.40. The standard InChI is InChI=1S/C44H42ClFN4O4.ClH/c1-3-4-32-10-14-38(15-11-32)53-30-37-13-9-36(25-41(37)46)28-49-19-21-50(22-20-49)43(51)18-12-35-23-31(2)44(40(45)24-35)54-42-17-16-39(27-48-42)52-29-34-7-5-33(26-47)6-8-34;/h5-18,23-25,27H,3-4,19-22,28-30H2,1-2H3;1H/b18-12+;. The van der Waals surface area contributed by atoms with E-state index in [4.69, 9.17) is 31.1 Å². The summed E-state index contributed by atoms with van der Waals surface area (Å²) in [6.07, 6.45) is 7.01. The van der Waals surface area contributed by atoms with E-state index in [-0.39, 0.29) is 30.7 Å². The molecule has 0 atom stereocenters. The van der Waals surface area contributed by atoms with Gasteiger partial charge >= 0.3 is 0 Å². The van der Waals surface area contributed by atoms with E-state index in [2.05, 4.69) is 22.9 Å². The summed E-state index contributed by atoms with van der Waals surface area (Å²) >= 11 is 6.61. The van der Waals surface area contributed by atoms with Gasteiger partial charge in [0.15, 0.2) is 5.75 Å². The van der Waals surface area contributed by atoms with Crippen LogP contribution in [0.25, 0.3) is 6.08 Å². The first kappa shape index (κ1) is 40.8. The zero-order valence-electron chi connectivity index (χ0n) is 30.8. The number of nitriles is 1. The average Bonchev–Trinajstić information content (AvgIpc) is 3.19. The summed E-state index contributed by atoms with van der Waals surface area (Å²) in [7, 11) is 0. The maximum absolute atomic E-state index is 14.9. The van der Waals surface area contributed by atoms with Gasteiger partial charge in [-0.3, -0.25) is 9.69 Å². The predicted molar refractivity (Wildman–Crippen MR) is 215 cm³/mol. The lowest BCUT2D eigenvalue weighted by atomic mass is 10.1. The first-order valence-corrected chi connectivity index (χ1v) is 18.4. The molecular weight excluding hydrogens is 738 g/mol. The summed E-state index contributed by atoms with van der Waals surface area (Å²) in [6, 6.07) is 29.7. The van der Waals surface area contributed by atoms with Crippen molar-refractivity contribution in [1.82, 2.24) is 14.8 Å². The molecule has 1 aliphatic heterocycles. The molecule has 2 heterocycles. The summed E-state index contributed by atoms with van der Waals surface area (Å²) in [5.74, 6) is 1.78. The Labute approximate surface area is 333 Å². The number of carbonyl (C=O) groups is 1. The van der Waals surface area contributed by atoms with Crippen molar-refractivity contribution in [1.29, 1.82) is 5.26 Å². The molecule has 55 heavy (non-hydrogen) atoms. The second kappa shape index (κ2) is 19.8. The van der Waals surface area contributed by atoms with Crippen LogP contribution in [-0.2, 0) is 31.0 Å². The molecule has 8 nitrogen and oxygen atoms in total.